The average Bonchev–Trinajstić information content (AvgIpc) is 2.14. The first-order chi connectivity index (χ1) is 3.84. The molecule has 0 aliphatic carbocycles. The highest BCUT2D eigenvalue weighted by atomic mass is 127. The maximum absolute atomic E-state index is 3.98. The van der Waals surface area contributed by atoms with Crippen LogP contribution in [0.1, 0.15) is 5.82 Å². The van der Waals surface area contributed by atoms with Crippen molar-refractivity contribution in [2.24, 2.45) is 7.05 Å². The number of aromatic nitrogens is 2. The van der Waals surface area contributed by atoms with Crippen molar-refractivity contribution < 1.29 is 0 Å². The molecule has 0 radical (unpaired) electrons. The number of nitrogens with zero attached hydrogens (tertiary/aromatic N) is 2. The van der Waals surface area contributed by atoms with Crippen LogP contribution in [0.5, 0.6) is 0 Å². The molecule has 0 aliphatic heterocycles. The van der Waals surface area contributed by atoms with Gasteiger partial charge in [-0.3, -0.25) is 0 Å². The second kappa shape index (κ2) is 3.66. The van der Waals surface area contributed by atoms with E-state index in [1.165, 1.54) is 0 Å². The normalized spacial score (nSPS) is 8.11. The number of hydrogen-bond acceptors (Lipinski definition) is 1. The predicted molar refractivity (Wildman–Crippen MR) is 48.7 cm³/mol. The standard InChI is InChI=1S/C6H8N2.HI/c1-3-6-7-4-5-8(6)2;/h3-5H,1H2,2H3;1H. The molecule has 0 fully saturated rings. The van der Waals surface area contributed by atoms with Gasteiger partial charge in [-0.2, -0.15) is 0 Å². The fraction of sp³-hybridized carbons (Fsp3) is 0.167. The SMILES string of the molecule is C=Cc1nccn1C.I. The van der Waals surface area contributed by atoms with Crippen molar-refractivity contribution in [3.8, 4) is 0 Å². The summed E-state index contributed by atoms with van der Waals surface area (Å²) in [5.74, 6) is 0.907. The van der Waals surface area contributed by atoms with E-state index in [0.29, 0.717) is 0 Å². The molecule has 0 saturated heterocycles. The summed E-state index contributed by atoms with van der Waals surface area (Å²) in [6.07, 6.45) is 5.36. The van der Waals surface area contributed by atoms with Crippen LogP contribution in [-0.4, -0.2) is 9.55 Å². The number of imidazole rings is 1. The topological polar surface area (TPSA) is 17.8 Å². The van der Waals surface area contributed by atoms with Crippen molar-refractivity contribution >= 4 is 30.1 Å². The Morgan fingerprint density at radius 1 is 1.78 bits per heavy atom. The first-order valence-corrected chi connectivity index (χ1v) is 2.44. The average molecular weight is 236 g/mol. The molecule has 0 saturated carbocycles. The first-order valence-electron chi connectivity index (χ1n) is 2.44. The highest BCUT2D eigenvalue weighted by molar-refractivity contribution is 14.0. The molecule has 0 spiro atoms. The lowest BCUT2D eigenvalue weighted by atomic mass is 10.6. The summed E-state index contributed by atoms with van der Waals surface area (Å²) < 4.78 is 1.91. The Kier molecular flexibility index (Phi) is 3.53. The number of rotatable bonds is 1. The molecule has 0 aromatic carbocycles. The highest BCUT2D eigenvalue weighted by Crippen LogP contribution is 1.92. The molecule has 0 aliphatic rings. The molecule has 0 bridgehead atoms. The van der Waals surface area contributed by atoms with Gasteiger partial charge in [0.1, 0.15) is 5.82 Å². The number of halogens is 1. The zero-order valence-corrected chi connectivity index (χ0v) is 7.57. The van der Waals surface area contributed by atoms with Crippen LogP contribution in [0.4, 0.5) is 0 Å². The molecule has 9 heavy (non-hydrogen) atoms. The Balaban J connectivity index is 0.000000640. The molecule has 1 rings (SSSR count). The van der Waals surface area contributed by atoms with E-state index >= 15 is 0 Å². The van der Waals surface area contributed by atoms with Crippen molar-refractivity contribution in [1.29, 1.82) is 0 Å². The van der Waals surface area contributed by atoms with Crippen LogP contribution in [0.25, 0.3) is 6.08 Å². The number of hydrogen-bond donors (Lipinski definition) is 0. The third kappa shape index (κ3) is 1.82. The van der Waals surface area contributed by atoms with Gasteiger partial charge in [-0.05, 0) is 6.08 Å². The maximum atomic E-state index is 3.98. The van der Waals surface area contributed by atoms with E-state index in [1.807, 2.05) is 17.8 Å². The lowest BCUT2D eigenvalue weighted by Gasteiger charge is -1.89. The van der Waals surface area contributed by atoms with Gasteiger partial charge in [-0.15, -0.1) is 24.0 Å². The number of aryl methyl sites for hydroxylation is 1. The van der Waals surface area contributed by atoms with Gasteiger partial charge in [0.2, 0.25) is 0 Å². The van der Waals surface area contributed by atoms with Crippen molar-refractivity contribution in [1.82, 2.24) is 9.55 Å². The predicted octanol–water partition coefficient (Wildman–Crippen LogP) is 1.68. The molecule has 1 aromatic heterocycles. The van der Waals surface area contributed by atoms with Crippen LogP contribution in [0.2, 0.25) is 0 Å². The van der Waals surface area contributed by atoms with E-state index in [4.69, 9.17) is 0 Å². The molecule has 1 heterocycles. The Bertz CT molecular complexity index is 193. The van der Waals surface area contributed by atoms with Gasteiger partial charge in [-0.1, -0.05) is 6.58 Å². The van der Waals surface area contributed by atoms with E-state index in [1.54, 1.807) is 12.3 Å². The quantitative estimate of drug-likeness (QED) is 0.678. The first kappa shape index (κ1) is 8.68. The second-order valence-electron chi connectivity index (χ2n) is 1.60. The van der Waals surface area contributed by atoms with Crippen LogP contribution >= 0.6 is 24.0 Å². The molecule has 0 atom stereocenters. The molecular formula is C6H9IN2. The summed E-state index contributed by atoms with van der Waals surface area (Å²) in [6, 6.07) is 0. The molecule has 0 amide bonds. The van der Waals surface area contributed by atoms with E-state index in [2.05, 4.69) is 11.6 Å². The van der Waals surface area contributed by atoms with Crippen molar-refractivity contribution in [2.45, 2.75) is 0 Å². The van der Waals surface area contributed by atoms with Crippen LogP contribution in [0.15, 0.2) is 19.0 Å². The minimum Gasteiger partial charge on any atom is -0.335 e. The smallest absolute Gasteiger partial charge is 0.131 e. The van der Waals surface area contributed by atoms with Crippen LogP contribution in [0.3, 0.4) is 0 Å². The summed E-state index contributed by atoms with van der Waals surface area (Å²) in [5.41, 5.74) is 0. The lowest BCUT2D eigenvalue weighted by Crippen LogP contribution is -1.87. The summed E-state index contributed by atoms with van der Waals surface area (Å²) in [5, 5.41) is 0. The molecule has 3 heteroatoms. The van der Waals surface area contributed by atoms with Gasteiger partial charge >= 0.3 is 0 Å². The van der Waals surface area contributed by atoms with Crippen LogP contribution < -0.4 is 0 Å². The molecule has 0 unspecified atom stereocenters. The van der Waals surface area contributed by atoms with E-state index in [-0.39, 0.29) is 24.0 Å². The lowest BCUT2D eigenvalue weighted by molar-refractivity contribution is 0.898. The minimum atomic E-state index is 0. The molecule has 0 N–H and O–H groups in total. The molecule has 1 aromatic rings. The Labute approximate surface area is 71.6 Å². The minimum absolute atomic E-state index is 0. The molecule has 50 valence electrons. The van der Waals surface area contributed by atoms with Crippen molar-refractivity contribution in [2.75, 3.05) is 0 Å². The largest absolute Gasteiger partial charge is 0.335 e. The summed E-state index contributed by atoms with van der Waals surface area (Å²) >= 11 is 0. The Hall–Kier alpha value is -0.320. The zero-order chi connectivity index (χ0) is 5.98. The van der Waals surface area contributed by atoms with E-state index in [9.17, 15) is 0 Å². The van der Waals surface area contributed by atoms with Gasteiger partial charge < -0.3 is 4.57 Å². The molecule has 2 nitrogen and oxygen atoms in total. The van der Waals surface area contributed by atoms with E-state index in [0.717, 1.165) is 5.82 Å². The third-order valence-corrected chi connectivity index (χ3v) is 1.04. The zero-order valence-electron chi connectivity index (χ0n) is 5.24. The maximum Gasteiger partial charge on any atom is 0.131 e. The summed E-state index contributed by atoms with van der Waals surface area (Å²) in [4.78, 5) is 3.98. The fourth-order valence-corrected chi connectivity index (χ4v) is 0.574. The van der Waals surface area contributed by atoms with E-state index < -0.39 is 0 Å². The van der Waals surface area contributed by atoms with Crippen LogP contribution in [-0.2, 0) is 7.05 Å². The second-order valence-corrected chi connectivity index (χ2v) is 1.60. The summed E-state index contributed by atoms with van der Waals surface area (Å²) in [6.45, 7) is 3.58. The fourth-order valence-electron chi connectivity index (χ4n) is 0.574. The Morgan fingerprint density at radius 2 is 2.44 bits per heavy atom. The van der Waals surface area contributed by atoms with Gasteiger partial charge in [0.25, 0.3) is 0 Å². The monoisotopic (exact) mass is 236 g/mol. The highest BCUT2D eigenvalue weighted by Gasteiger charge is 1.87. The van der Waals surface area contributed by atoms with Gasteiger partial charge in [0, 0.05) is 19.4 Å². The summed E-state index contributed by atoms with van der Waals surface area (Å²) in [7, 11) is 1.93. The molecular weight excluding hydrogens is 227 g/mol. The van der Waals surface area contributed by atoms with Crippen molar-refractivity contribution in [3.63, 3.8) is 0 Å². The van der Waals surface area contributed by atoms with Gasteiger partial charge in [0.15, 0.2) is 0 Å². The Morgan fingerprint density at radius 3 is 2.67 bits per heavy atom. The van der Waals surface area contributed by atoms with Gasteiger partial charge in [-0.25, -0.2) is 4.98 Å². The van der Waals surface area contributed by atoms with Gasteiger partial charge in [0.05, 0.1) is 0 Å². The third-order valence-electron chi connectivity index (χ3n) is 1.04. The van der Waals surface area contributed by atoms with Crippen LogP contribution in [0, 0.1) is 0 Å². The van der Waals surface area contributed by atoms with Crippen molar-refractivity contribution in [3.05, 3.63) is 24.8 Å².